The molecule has 19 heavy (non-hydrogen) atoms. The minimum Gasteiger partial charge on any atom is -0.360 e. The van der Waals surface area contributed by atoms with Gasteiger partial charge in [-0.1, -0.05) is 17.3 Å². The molecule has 0 saturated heterocycles. The molecule has 1 aromatic heterocycles. The molecule has 0 aliphatic rings. The molecule has 2 N–H and O–H groups in total. The highest BCUT2D eigenvalue weighted by molar-refractivity contribution is 5.93. The number of benzene rings is 1. The first-order valence-corrected chi connectivity index (χ1v) is 6.13. The summed E-state index contributed by atoms with van der Waals surface area (Å²) >= 11 is 0. The number of rotatable bonds is 5. The highest BCUT2D eigenvalue weighted by atomic mass is 16.5. The van der Waals surface area contributed by atoms with E-state index < -0.39 is 0 Å². The normalized spacial score (nSPS) is 10.4. The van der Waals surface area contributed by atoms with E-state index in [1.807, 2.05) is 37.3 Å². The van der Waals surface area contributed by atoms with Crippen LogP contribution < -0.4 is 10.6 Å². The molecule has 0 aliphatic carbocycles. The van der Waals surface area contributed by atoms with Crippen molar-refractivity contribution in [3.63, 3.8) is 0 Å². The highest BCUT2D eigenvalue weighted by Gasteiger charge is 2.03. The topological polar surface area (TPSA) is 67.2 Å². The van der Waals surface area contributed by atoms with Crippen LogP contribution in [-0.4, -0.2) is 18.1 Å². The van der Waals surface area contributed by atoms with Crippen LogP contribution in [0, 0.1) is 6.92 Å². The van der Waals surface area contributed by atoms with Crippen LogP contribution in [0.15, 0.2) is 34.9 Å². The van der Waals surface area contributed by atoms with E-state index in [2.05, 4.69) is 15.8 Å². The van der Waals surface area contributed by atoms with Gasteiger partial charge in [-0.05, 0) is 24.6 Å². The molecule has 0 fully saturated rings. The third kappa shape index (κ3) is 3.66. The van der Waals surface area contributed by atoms with Crippen LogP contribution in [0.1, 0.15) is 27.4 Å². The molecule has 0 atom stereocenters. The van der Waals surface area contributed by atoms with Crippen LogP contribution in [0.5, 0.6) is 0 Å². The van der Waals surface area contributed by atoms with Crippen molar-refractivity contribution in [2.45, 2.75) is 20.0 Å². The number of hydrogen-bond donors (Lipinski definition) is 2. The first-order chi connectivity index (χ1) is 9.19. The number of carbonyl (C=O) groups excluding carboxylic acids is 1. The maximum atomic E-state index is 11.4. The van der Waals surface area contributed by atoms with Crippen molar-refractivity contribution in [2.24, 2.45) is 0 Å². The zero-order chi connectivity index (χ0) is 13.7. The Bertz CT molecular complexity index is 546. The van der Waals surface area contributed by atoms with Gasteiger partial charge >= 0.3 is 0 Å². The van der Waals surface area contributed by atoms with Gasteiger partial charge in [0.1, 0.15) is 0 Å². The Hall–Kier alpha value is -2.14. The Morgan fingerprint density at radius 3 is 2.58 bits per heavy atom. The Morgan fingerprint density at radius 1 is 1.26 bits per heavy atom. The molecule has 2 rings (SSSR count). The summed E-state index contributed by atoms with van der Waals surface area (Å²) in [5, 5.41) is 9.68. The van der Waals surface area contributed by atoms with Crippen molar-refractivity contribution in [2.75, 3.05) is 7.05 Å². The van der Waals surface area contributed by atoms with Crippen LogP contribution in [0.2, 0.25) is 0 Å². The third-order valence-corrected chi connectivity index (χ3v) is 2.75. The monoisotopic (exact) mass is 259 g/mol. The molecular formula is C14H17N3O2. The van der Waals surface area contributed by atoms with Gasteiger partial charge in [-0.25, -0.2) is 0 Å². The van der Waals surface area contributed by atoms with Crippen molar-refractivity contribution in [1.82, 2.24) is 15.8 Å². The van der Waals surface area contributed by atoms with Crippen LogP contribution in [0.4, 0.5) is 0 Å². The Kier molecular flexibility index (Phi) is 4.30. The molecule has 0 spiro atoms. The number of nitrogens with zero attached hydrogens (tertiary/aromatic N) is 1. The molecule has 0 bridgehead atoms. The van der Waals surface area contributed by atoms with E-state index in [4.69, 9.17) is 4.52 Å². The van der Waals surface area contributed by atoms with Gasteiger partial charge in [-0.15, -0.1) is 0 Å². The Morgan fingerprint density at radius 2 is 2.00 bits per heavy atom. The average molecular weight is 259 g/mol. The van der Waals surface area contributed by atoms with E-state index in [1.165, 1.54) is 0 Å². The molecule has 0 unspecified atom stereocenters. The maximum absolute atomic E-state index is 11.4. The molecule has 100 valence electrons. The summed E-state index contributed by atoms with van der Waals surface area (Å²) in [5.41, 5.74) is 2.66. The molecule has 0 saturated carbocycles. The zero-order valence-corrected chi connectivity index (χ0v) is 11.1. The standard InChI is InChI=1S/C14H17N3O2/c1-10-7-13(19-17-10)9-16-8-11-3-5-12(6-4-11)14(18)15-2/h3-7,16H,8-9H2,1-2H3,(H,15,18). The van der Waals surface area contributed by atoms with Crippen molar-refractivity contribution >= 4 is 5.91 Å². The van der Waals surface area contributed by atoms with Gasteiger partial charge in [0.05, 0.1) is 12.2 Å². The van der Waals surface area contributed by atoms with Crippen LogP contribution in [0.25, 0.3) is 0 Å². The van der Waals surface area contributed by atoms with Gasteiger partial charge in [0, 0.05) is 25.2 Å². The lowest BCUT2D eigenvalue weighted by Gasteiger charge is -2.04. The number of aryl methyl sites for hydroxylation is 1. The number of hydrogen-bond acceptors (Lipinski definition) is 4. The third-order valence-electron chi connectivity index (χ3n) is 2.75. The lowest BCUT2D eigenvalue weighted by atomic mass is 10.1. The molecular weight excluding hydrogens is 242 g/mol. The van der Waals surface area contributed by atoms with Gasteiger partial charge in [0.15, 0.2) is 5.76 Å². The molecule has 0 radical (unpaired) electrons. The molecule has 5 heteroatoms. The van der Waals surface area contributed by atoms with E-state index in [0.29, 0.717) is 18.7 Å². The summed E-state index contributed by atoms with van der Waals surface area (Å²) in [6.45, 7) is 3.25. The van der Waals surface area contributed by atoms with E-state index in [0.717, 1.165) is 17.0 Å². The van der Waals surface area contributed by atoms with E-state index >= 15 is 0 Å². The summed E-state index contributed by atoms with van der Waals surface area (Å²) in [4.78, 5) is 11.4. The van der Waals surface area contributed by atoms with Gasteiger partial charge in [0.2, 0.25) is 0 Å². The fraction of sp³-hybridized carbons (Fsp3) is 0.286. The SMILES string of the molecule is CNC(=O)c1ccc(CNCc2cc(C)no2)cc1. The van der Waals surface area contributed by atoms with Crippen molar-refractivity contribution < 1.29 is 9.32 Å². The number of nitrogens with one attached hydrogen (secondary N) is 2. The quantitative estimate of drug-likeness (QED) is 0.856. The molecule has 2 aromatic rings. The van der Waals surface area contributed by atoms with Gasteiger partial charge in [-0.3, -0.25) is 4.79 Å². The minimum atomic E-state index is -0.0726. The van der Waals surface area contributed by atoms with Gasteiger partial charge in [0.25, 0.3) is 5.91 Å². The highest BCUT2D eigenvalue weighted by Crippen LogP contribution is 2.05. The predicted octanol–water partition coefficient (Wildman–Crippen LogP) is 1.63. The smallest absolute Gasteiger partial charge is 0.251 e. The summed E-state index contributed by atoms with van der Waals surface area (Å²) < 4.78 is 5.10. The average Bonchev–Trinajstić information content (AvgIpc) is 2.84. The second kappa shape index (κ2) is 6.15. The molecule has 1 heterocycles. The fourth-order valence-corrected chi connectivity index (χ4v) is 1.75. The van der Waals surface area contributed by atoms with Gasteiger partial charge in [-0.2, -0.15) is 0 Å². The first kappa shape index (κ1) is 13.3. The zero-order valence-electron chi connectivity index (χ0n) is 11.1. The number of amides is 1. The summed E-state index contributed by atoms with van der Waals surface area (Å²) in [6, 6.07) is 9.40. The number of carbonyl (C=O) groups is 1. The van der Waals surface area contributed by atoms with E-state index in [9.17, 15) is 4.79 Å². The van der Waals surface area contributed by atoms with E-state index in [1.54, 1.807) is 7.05 Å². The Balaban J connectivity index is 1.84. The maximum Gasteiger partial charge on any atom is 0.251 e. The summed E-state index contributed by atoms with van der Waals surface area (Å²) in [5.74, 6) is 0.746. The van der Waals surface area contributed by atoms with Crippen molar-refractivity contribution in [3.8, 4) is 0 Å². The first-order valence-electron chi connectivity index (χ1n) is 6.13. The largest absolute Gasteiger partial charge is 0.360 e. The molecule has 5 nitrogen and oxygen atoms in total. The summed E-state index contributed by atoms with van der Waals surface area (Å²) in [6.07, 6.45) is 0. The minimum absolute atomic E-state index is 0.0726. The van der Waals surface area contributed by atoms with E-state index in [-0.39, 0.29) is 5.91 Å². The predicted molar refractivity (Wildman–Crippen MR) is 71.6 cm³/mol. The molecule has 1 amide bonds. The summed E-state index contributed by atoms with van der Waals surface area (Å²) in [7, 11) is 1.62. The van der Waals surface area contributed by atoms with Crippen molar-refractivity contribution in [1.29, 1.82) is 0 Å². The number of aromatic nitrogens is 1. The second-order valence-corrected chi connectivity index (χ2v) is 4.31. The van der Waals surface area contributed by atoms with Crippen LogP contribution >= 0.6 is 0 Å². The van der Waals surface area contributed by atoms with Crippen LogP contribution in [-0.2, 0) is 13.1 Å². The second-order valence-electron chi connectivity index (χ2n) is 4.31. The van der Waals surface area contributed by atoms with Crippen LogP contribution in [0.3, 0.4) is 0 Å². The Labute approximate surface area is 112 Å². The van der Waals surface area contributed by atoms with Gasteiger partial charge < -0.3 is 15.2 Å². The molecule has 1 aromatic carbocycles. The lowest BCUT2D eigenvalue weighted by molar-refractivity contribution is 0.0963. The fourth-order valence-electron chi connectivity index (χ4n) is 1.75. The molecule has 0 aliphatic heterocycles. The van der Waals surface area contributed by atoms with Crippen molar-refractivity contribution in [3.05, 3.63) is 52.9 Å². The lowest BCUT2D eigenvalue weighted by Crippen LogP contribution is -2.18.